The SMILES string of the molecule is CC[C@H](C)[C@H](N)C(=O)N[C@@H](Cc1ccc(O)cc1)C(=O)N[C@@H](CO)C(=O)N[C@@H](CC(N)=O)C(=O)N1CCC[C@H]1C(=O)N[C@@H](CC(=O)O)C(=O)NCC(=O)N[C@H](C(=O)N[C@@H](Cc1c[nH]c2ccccc12)C(=O)N[C@H](C(=O)O)[C@@H](C)O)[C@@H](C)O. The van der Waals surface area contributed by atoms with Gasteiger partial charge in [-0.05, 0) is 61.9 Å². The zero-order valence-electron chi connectivity index (χ0n) is 45.4. The Hall–Kier alpha value is -8.74. The fraction of sp³-hybridized carbons (Fsp3) is 0.500. The van der Waals surface area contributed by atoms with Crippen molar-refractivity contribution in [3.63, 3.8) is 0 Å². The minimum absolute atomic E-state index is 0.0833. The van der Waals surface area contributed by atoms with Gasteiger partial charge >= 0.3 is 11.9 Å². The number of primary amides is 1. The summed E-state index contributed by atoms with van der Waals surface area (Å²) in [6.07, 6.45) is -3.50. The smallest absolute Gasteiger partial charge is 0.328 e. The van der Waals surface area contributed by atoms with E-state index in [0.717, 1.165) is 18.7 Å². The zero-order valence-corrected chi connectivity index (χ0v) is 45.4. The Balaban J connectivity index is 1.44. The van der Waals surface area contributed by atoms with E-state index in [-0.39, 0.29) is 43.9 Å². The second-order valence-electron chi connectivity index (χ2n) is 19.9. The predicted molar refractivity (Wildman–Crippen MR) is 287 cm³/mol. The molecule has 1 aliphatic rings. The van der Waals surface area contributed by atoms with Crippen molar-refractivity contribution in [1.29, 1.82) is 0 Å². The summed E-state index contributed by atoms with van der Waals surface area (Å²) < 4.78 is 0. The van der Waals surface area contributed by atoms with Crippen molar-refractivity contribution in [2.75, 3.05) is 19.7 Å². The van der Waals surface area contributed by atoms with Crippen molar-refractivity contribution in [2.45, 2.75) is 139 Å². The van der Waals surface area contributed by atoms with Gasteiger partial charge < -0.3 is 94.5 Å². The summed E-state index contributed by atoms with van der Waals surface area (Å²) in [7, 11) is 0. The van der Waals surface area contributed by atoms with Gasteiger partial charge in [0.15, 0.2) is 6.04 Å². The van der Waals surface area contributed by atoms with E-state index >= 15 is 0 Å². The number of H-pyrrole nitrogens is 1. The van der Waals surface area contributed by atoms with Gasteiger partial charge in [-0.25, -0.2) is 4.79 Å². The van der Waals surface area contributed by atoms with Gasteiger partial charge in [-0.3, -0.25) is 52.7 Å². The van der Waals surface area contributed by atoms with E-state index in [1.165, 1.54) is 24.3 Å². The van der Waals surface area contributed by atoms with Crippen molar-refractivity contribution in [2.24, 2.45) is 17.4 Å². The summed E-state index contributed by atoms with van der Waals surface area (Å²) in [6.45, 7) is 3.51. The molecule has 2 aromatic carbocycles. The Morgan fingerprint density at radius 1 is 0.683 bits per heavy atom. The maximum Gasteiger partial charge on any atom is 0.328 e. The first kappa shape index (κ1) is 65.8. The van der Waals surface area contributed by atoms with Crippen molar-refractivity contribution in [3.8, 4) is 5.75 Å². The number of aromatic nitrogens is 1. The molecule has 30 nitrogen and oxygen atoms in total. The summed E-state index contributed by atoms with van der Waals surface area (Å²) in [4.78, 5) is 162. The summed E-state index contributed by atoms with van der Waals surface area (Å²) in [5, 5.41) is 78.8. The number of hydrogen-bond acceptors (Lipinski definition) is 17. The van der Waals surface area contributed by atoms with Crippen LogP contribution < -0.4 is 54.0 Å². The molecule has 1 aromatic heterocycles. The average Bonchev–Trinajstić information content (AvgIpc) is 4.24. The van der Waals surface area contributed by atoms with Gasteiger partial charge in [-0.1, -0.05) is 50.6 Å². The lowest BCUT2D eigenvalue weighted by atomic mass is 9.98. The molecule has 19 N–H and O–H groups in total. The molecule has 0 bridgehead atoms. The third-order valence-corrected chi connectivity index (χ3v) is 13.5. The van der Waals surface area contributed by atoms with E-state index in [2.05, 4.69) is 47.5 Å². The molecule has 3 aromatic rings. The van der Waals surface area contributed by atoms with Crippen LogP contribution in [0.25, 0.3) is 10.9 Å². The van der Waals surface area contributed by atoms with Gasteiger partial charge in [0.2, 0.25) is 59.1 Å². The number of phenols is 1. The van der Waals surface area contributed by atoms with Crippen LogP contribution in [0.4, 0.5) is 0 Å². The number of carbonyl (C=O) groups excluding carboxylic acids is 10. The lowest BCUT2D eigenvalue weighted by Gasteiger charge is -2.30. The zero-order chi connectivity index (χ0) is 61.1. The van der Waals surface area contributed by atoms with Crippen LogP contribution >= 0.6 is 0 Å². The Morgan fingerprint density at radius 2 is 1.27 bits per heavy atom. The van der Waals surface area contributed by atoms with Crippen molar-refractivity contribution < 1.29 is 88.2 Å². The molecule has 0 spiro atoms. The number of likely N-dealkylation sites (tertiary alicyclic amines) is 1. The number of carboxylic acids is 2. The van der Waals surface area contributed by atoms with E-state index in [1.807, 2.05) is 0 Å². The number of nitrogens with one attached hydrogen (secondary N) is 9. The average molecular weight is 1150 g/mol. The van der Waals surface area contributed by atoms with E-state index < -0.39 is 164 Å². The van der Waals surface area contributed by atoms with Gasteiger partial charge in [-0.2, -0.15) is 0 Å². The van der Waals surface area contributed by atoms with Crippen molar-refractivity contribution >= 4 is 81.9 Å². The number of aliphatic hydroxyl groups excluding tert-OH is 3. The molecule has 4 rings (SSSR count). The number of carboxylic acid groups (broad SMARTS) is 2. The number of hydrogen-bond donors (Lipinski definition) is 17. The van der Waals surface area contributed by atoms with E-state index in [0.29, 0.717) is 28.5 Å². The number of phenolic OH excluding ortho intramolecular Hbond substituents is 1. The number of aromatic hydroxyl groups is 1. The summed E-state index contributed by atoms with van der Waals surface area (Å²) in [5.74, 6) is -14.3. The highest BCUT2D eigenvalue weighted by atomic mass is 16.4. The highest BCUT2D eigenvalue weighted by Gasteiger charge is 2.41. The van der Waals surface area contributed by atoms with Crippen LogP contribution in [0.15, 0.2) is 54.7 Å². The normalized spacial score (nSPS) is 17.1. The van der Waals surface area contributed by atoms with Gasteiger partial charge in [0.1, 0.15) is 48.0 Å². The van der Waals surface area contributed by atoms with Crippen LogP contribution in [0.3, 0.4) is 0 Å². The molecule has 0 aliphatic carbocycles. The van der Waals surface area contributed by atoms with E-state index in [9.17, 15) is 88.2 Å². The fourth-order valence-electron chi connectivity index (χ4n) is 8.71. The molecule has 1 fully saturated rings. The molecule has 0 unspecified atom stereocenters. The van der Waals surface area contributed by atoms with Gasteiger partial charge in [0.05, 0.1) is 44.2 Å². The van der Waals surface area contributed by atoms with Gasteiger partial charge in [0, 0.05) is 36.5 Å². The Labute approximate surface area is 469 Å². The number of nitrogens with zero attached hydrogens (tertiary/aromatic N) is 1. The highest BCUT2D eigenvalue weighted by Crippen LogP contribution is 2.22. The van der Waals surface area contributed by atoms with Crippen LogP contribution in [0.2, 0.25) is 0 Å². The molecule has 12 atom stereocenters. The number of rotatable bonds is 31. The first-order chi connectivity index (χ1) is 38.6. The quantitative estimate of drug-likeness (QED) is 0.0286. The molecule has 1 saturated heterocycles. The van der Waals surface area contributed by atoms with Crippen molar-refractivity contribution in [1.82, 2.24) is 52.4 Å². The second-order valence-corrected chi connectivity index (χ2v) is 19.9. The molecule has 2 heterocycles. The maximum atomic E-state index is 14.1. The second kappa shape index (κ2) is 30.7. The van der Waals surface area contributed by atoms with Crippen LogP contribution in [0.1, 0.15) is 70.9 Å². The predicted octanol–water partition coefficient (Wildman–Crippen LogP) is -5.28. The Bertz CT molecular complexity index is 2810. The van der Waals surface area contributed by atoms with Crippen LogP contribution in [-0.2, 0) is 70.4 Å². The molecule has 0 radical (unpaired) electrons. The van der Waals surface area contributed by atoms with Gasteiger partial charge in [-0.15, -0.1) is 0 Å². The molecule has 448 valence electrons. The number of para-hydroxylation sites is 1. The van der Waals surface area contributed by atoms with Crippen LogP contribution in [-0.4, -0.2) is 198 Å². The number of nitrogens with two attached hydrogens (primary N) is 2. The van der Waals surface area contributed by atoms with Gasteiger partial charge in [0.25, 0.3) is 0 Å². The minimum atomic E-state index is -1.92. The topological polar surface area (TPSA) is 494 Å². The van der Waals surface area contributed by atoms with E-state index in [4.69, 9.17) is 11.5 Å². The molecular weight excluding hydrogens is 1080 g/mol. The summed E-state index contributed by atoms with van der Waals surface area (Å²) in [6, 6.07) is -2.11. The number of aliphatic carboxylic acids is 2. The van der Waals surface area contributed by atoms with Crippen molar-refractivity contribution in [3.05, 3.63) is 65.9 Å². The molecule has 30 heteroatoms. The number of benzene rings is 2. The lowest BCUT2D eigenvalue weighted by Crippen LogP contribution is -2.61. The first-order valence-electron chi connectivity index (χ1n) is 26.1. The molecule has 0 saturated carbocycles. The Morgan fingerprint density at radius 3 is 1.87 bits per heavy atom. The minimum Gasteiger partial charge on any atom is -0.508 e. The number of carbonyl (C=O) groups is 12. The first-order valence-corrected chi connectivity index (χ1v) is 26.1. The summed E-state index contributed by atoms with van der Waals surface area (Å²) in [5.41, 5.74) is 13.2. The molecular formula is C52H72N12O18. The van der Waals surface area contributed by atoms with Crippen LogP contribution in [0, 0.1) is 5.92 Å². The molecule has 10 amide bonds. The number of fused-ring (bicyclic) bond motifs is 1. The number of amides is 10. The molecule has 82 heavy (non-hydrogen) atoms. The fourth-order valence-corrected chi connectivity index (χ4v) is 8.71. The lowest BCUT2D eigenvalue weighted by molar-refractivity contribution is -0.145. The maximum absolute atomic E-state index is 14.1. The molecule has 1 aliphatic heterocycles. The monoisotopic (exact) mass is 1150 g/mol. The third-order valence-electron chi connectivity index (χ3n) is 13.5. The largest absolute Gasteiger partial charge is 0.508 e. The number of aliphatic hydroxyl groups is 3. The van der Waals surface area contributed by atoms with E-state index in [1.54, 1.807) is 44.3 Å². The van der Waals surface area contributed by atoms with Crippen LogP contribution in [0.5, 0.6) is 5.75 Å². The third kappa shape index (κ3) is 18.9. The summed E-state index contributed by atoms with van der Waals surface area (Å²) >= 11 is 0. The standard InChI is InChI=1S/C52H72N12O18/c1-5-24(2)41(54)49(78)58-32(17-27-12-14-29(68)15-13-27)45(74)61-36(23-65)47(76)60-35(19-38(53)69)51(80)64-16-8-11-37(64)48(77)57-34(20-40(71)72)44(73)56-22-39(70)62-42(25(3)66)50(79)59-33(46(75)63-43(26(4)67)52(81)82)18-28-21-55-31-10-7-6-9-30(28)31/h6-7,9-10,12-15,21,24-26,32-37,41-43,55,65-68H,5,8,11,16-20,22-23,54H2,1-4H3,(H2,53,69)(H,56,73)(H,57,77)(H,58,78)(H,59,79)(H,60,76)(H,61,74)(H,62,70)(H,63,75)(H,71,72)(H,81,82)/t24-,25+,26+,32-,33-,34-,35-,36-,37-,41-,42-,43-/m0/s1. The number of aromatic amines is 1. The Kier molecular flexibility index (Phi) is 24.7. The highest BCUT2D eigenvalue weighted by molar-refractivity contribution is 6.00.